The first kappa shape index (κ1) is 17.3. The molecule has 0 radical (unpaired) electrons. The van der Waals surface area contributed by atoms with Crippen molar-refractivity contribution < 1.29 is 10.1 Å². The molecule has 3 aromatic rings. The molecular formula is C17H17BN4O2S. The monoisotopic (exact) mass is 352 g/mol. The summed E-state index contributed by atoms with van der Waals surface area (Å²) in [7, 11) is 0. The van der Waals surface area contributed by atoms with Gasteiger partial charge in [-0.05, 0) is 30.9 Å². The predicted octanol–water partition coefficient (Wildman–Crippen LogP) is 3.63. The Kier molecular flexibility index (Phi) is 4.92. The normalized spacial score (nSPS) is 11.3. The molecular weight excluding hydrogens is 335 g/mol. The highest BCUT2D eigenvalue weighted by molar-refractivity contribution is 8.36. The van der Waals surface area contributed by atoms with Crippen molar-refractivity contribution in [2.45, 2.75) is 13.8 Å². The zero-order valence-electron chi connectivity index (χ0n) is 13.8. The van der Waals surface area contributed by atoms with E-state index in [1.807, 2.05) is 44.2 Å². The first-order valence-electron chi connectivity index (χ1n) is 7.67. The summed E-state index contributed by atoms with van der Waals surface area (Å²) in [5.74, 6) is -0.0890. The molecule has 25 heavy (non-hydrogen) atoms. The molecule has 0 aliphatic carbocycles. The highest BCUT2D eigenvalue weighted by Crippen LogP contribution is 2.37. The topological polar surface area (TPSA) is 105 Å². The van der Waals surface area contributed by atoms with Gasteiger partial charge < -0.3 is 15.1 Å². The third kappa shape index (κ3) is 3.75. The Bertz CT molecular complexity index is 956. The molecule has 0 amide bonds. The number of benzene rings is 2. The van der Waals surface area contributed by atoms with Crippen molar-refractivity contribution in [3.05, 3.63) is 53.6 Å². The van der Waals surface area contributed by atoms with Gasteiger partial charge >= 0.3 is 6.19 Å². The lowest BCUT2D eigenvalue weighted by Gasteiger charge is -2.03. The van der Waals surface area contributed by atoms with Crippen molar-refractivity contribution in [2.75, 3.05) is 0 Å². The number of fused-ring (bicyclic) bond motifs is 1. The minimum absolute atomic E-state index is 0.0890. The summed E-state index contributed by atoms with van der Waals surface area (Å²) < 4.78 is 0. The molecule has 8 heteroatoms. The fourth-order valence-electron chi connectivity index (χ4n) is 2.64. The number of hydrogen-bond acceptors (Lipinski definition) is 5. The van der Waals surface area contributed by atoms with Gasteiger partial charge in [-0.3, -0.25) is 5.41 Å². The second kappa shape index (κ2) is 7.12. The van der Waals surface area contributed by atoms with Crippen LogP contribution >= 0.6 is 11.6 Å². The fourth-order valence-corrected chi connectivity index (χ4v) is 3.23. The summed E-state index contributed by atoms with van der Waals surface area (Å²) in [5.41, 5.74) is 3.82. The Labute approximate surface area is 149 Å². The number of nitrogens with one attached hydrogen (secondary N) is 2. The Hall–Kier alpha value is -2.58. The predicted molar refractivity (Wildman–Crippen MR) is 103 cm³/mol. The summed E-state index contributed by atoms with van der Waals surface area (Å²) in [4.78, 5) is 2.89. The first-order valence-corrected chi connectivity index (χ1v) is 8.55. The van der Waals surface area contributed by atoms with E-state index in [0.717, 1.165) is 33.6 Å². The lowest BCUT2D eigenvalue weighted by Crippen LogP contribution is -2.27. The summed E-state index contributed by atoms with van der Waals surface area (Å²) in [6, 6.07) is 13.0. The molecule has 3 rings (SSSR count). The van der Waals surface area contributed by atoms with Gasteiger partial charge in [0.25, 0.3) is 0 Å². The van der Waals surface area contributed by atoms with Crippen LogP contribution in [0.25, 0.3) is 10.9 Å². The van der Waals surface area contributed by atoms with Crippen LogP contribution in [0.1, 0.15) is 11.1 Å². The molecule has 0 aliphatic heterocycles. The number of aromatic amines is 1. The second-order valence-electron chi connectivity index (χ2n) is 5.71. The smallest absolute Gasteiger partial charge is 0.402 e. The standard InChI is InChI=1S/C17H17BN4O2S/c1-10-8-11(2)14-13(9-10)15(16(23)20-14)21-22-17(19)25-18(24)12-6-4-3-5-7-12/h3-9,19-20,23-24H,1-2H3. The quantitative estimate of drug-likeness (QED) is 0.250. The third-order valence-corrected chi connectivity index (χ3v) is 4.55. The van der Waals surface area contributed by atoms with Gasteiger partial charge in [0, 0.05) is 5.39 Å². The van der Waals surface area contributed by atoms with E-state index in [-0.39, 0.29) is 11.0 Å². The van der Waals surface area contributed by atoms with Gasteiger partial charge in [0.05, 0.1) is 5.52 Å². The molecule has 4 N–H and O–H groups in total. The number of aryl methyl sites for hydroxylation is 2. The van der Waals surface area contributed by atoms with Crippen LogP contribution in [0.15, 0.2) is 52.7 Å². The fraction of sp³-hybridized carbons (Fsp3) is 0.118. The lowest BCUT2D eigenvalue weighted by molar-refractivity contribution is 0.459. The maximum absolute atomic E-state index is 10.1. The van der Waals surface area contributed by atoms with E-state index in [1.165, 1.54) is 0 Å². The largest absolute Gasteiger partial charge is 0.493 e. The summed E-state index contributed by atoms with van der Waals surface area (Å²) in [6.45, 7) is 3.91. The maximum atomic E-state index is 10.1. The Morgan fingerprint density at radius 2 is 1.92 bits per heavy atom. The lowest BCUT2D eigenvalue weighted by atomic mass is 9.87. The average molecular weight is 352 g/mol. The van der Waals surface area contributed by atoms with Crippen molar-refractivity contribution in [2.24, 2.45) is 10.2 Å². The van der Waals surface area contributed by atoms with E-state index < -0.39 is 6.19 Å². The van der Waals surface area contributed by atoms with Crippen LogP contribution in [0.2, 0.25) is 0 Å². The molecule has 0 saturated heterocycles. The molecule has 1 heterocycles. The van der Waals surface area contributed by atoms with Gasteiger partial charge in [-0.15, -0.1) is 10.2 Å². The molecule has 126 valence electrons. The van der Waals surface area contributed by atoms with Crippen LogP contribution in [-0.2, 0) is 0 Å². The van der Waals surface area contributed by atoms with Gasteiger partial charge in [-0.25, -0.2) is 0 Å². The number of hydrogen-bond donors (Lipinski definition) is 4. The van der Waals surface area contributed by atoms with Crippen molar-refractivity contribution in [3.63, 3.8) is 0 Å². The van der Waals surface area contributed by atoms with E-state index in [4.69, 9.17) is 5.41 Å². The van der Waals surface area contributed by atoms with Crippen LogP contribution in [0.4, 0.5) is 5.69 Å². The van der Waals surface area contributed by atoms with Crippen LogP contribution < -0.4 is 5.46 Å². The van der Waals surface area contributed by atoms with Crippen molar-refractivity contribution in [1.82, 2.24) is 4.98 Å². The SMILES string of the molecule is Cc1cc(C)c2[nH]c(O)c(N=NC(=N)SB(O)c3ccccc3)c2c1. The summed E-state index contributed by atoms with van der Waals surface area (Å²) in [5, 5.41) is 36.5. The van der Waals surface area contributed by atoms with Crippen molar-refractivity contribution in [3.8, 4) is 5.88 Å². The average Bonchev–Trinajstić information content (AvgIpc) is 2.89. The van der Waals surface area contributed by atoms with Crippen LogP contribution in [0.3, 0.4) is 0 Å². The first-order chi connectivity index (χ1) is 12.0. The molecule has 0 atom stereocenters. The van der Waals surface area contributed by atoms with Gasteiger partial charge in [0.15, 0.2) is 10.9 Å². The van der Waals surface area contributed by atoms with Gasteiger partial charge in [-0.1, -0.05) is 53.6 Å². The van der Waals surface area contributed by atoms with Crippen LogP contribution in [-0.4, -0.2) is 26.5 Å². The number of aromatic nitrogens is 1. The number of amidine groups is 1. The number of rotatable bonds is 3. The van der Waals surface area contributed by atoms with E-state index in [1.54, 1.807) is 12.1 Å². The molecule has 2 aromatic carbocycles. The van der Waals surface area contributed by atoms with Crippen molar-refractivity contribution >= 4 is 45.0 Å². The summed E-state index contributed by atoms with van der Waals surface area (Å²) in [6.07, 6.45) is -0.895. The Morgan fingerprint density at radius 3 is 2.64 bits per heavy atom. The van der Waals surface area contributed by atoms with Gasteiger partial charge in [-0.2, -0.15) is 0 Å². The highest BCUT2D eigenvalue weighted by Gasteiger charge is 2.18. The second-order valence-corrected chi connectivity index (χ2v) is 6.78. The van der Waals surface area contributed by atoms with E-state index >= 15 is 0 Å². The van der Waals surface area contributed by atoms with E-state index in [9.17, 15) is 10.1 Å². The number of azo groups is 1. The zero-order chi connectivity index (χ0) is 18.0. The number of nitrogens with zero attached hydrogens (tertiary/aromatic N) is 2. The minimum atomic E-state index is -0.895. The molecule has 0 unspecified atom stereocenters. The van der Waals surface area contributed by atoms with Crippen LogP contribution in [0, 0.1) is 19.3 Å². The maximum Gasteiger partial charge on any atom is 0.402 e. The number of H-pyrrole nitrogens is 1. The molecule has 0 bridgehead atoms. The van der Waals surface area contributed by atoms with E-state index in [0.29, 0.717) is 11.2 Å². The van der Waals surface area contributed by atoms with Crippen molar-refractivity contribution in [1.29, 1.82) is 5.41 Å². The molecule has 6 nitrogen and oxygen atoms in total. The van der Waals surface area contributed by atoms with Gasteiger partial charge in [0.2, 0.25) is 5.88 Å². The highest BCUT2D eigenvalue weighted by atomic mass is 32.2. The van der Waals surface area contributed by atoms with Gasteiger partial charge in [0.1, 0.15) is 0 Å². The number of aromatic hydroxyl groups is 1. The minimum Gasteiger partial charge on any atom is -0.493 e. The molecule has 0 spiro atoms. The Morgan fingerprint density at radius 1 is 1.20 bits per heavy atom. The van der Waals surface area contributed by atoms with E-state index in [2.05, 4.69) is 15.2 Å². The third-order valence-electron chi connectivity index (χ3n) is 3.75. The molecule has 0 aliphatic rings. The molecule has 0 saturated carbocycles. The zero-order valence-corrected chi connectivity index (χ0v) is 14.6. The molecule has 1 aromatic heterocycles. The molecule has 0 fully saturated rings. The van der Waals surface area contributed by atoms with Crippen LogP contribution in [0.5, 0.6) is 5.88 Å². The summed E-state index contributed by atoms with van der Waals surface area (Å²) >= 11 is 0.879. The Balaban J connectivity index is 1.81.